The van der Waals surface area contributed by atoms with Crippen molar-refractivity contribution in [3.63, 3.8) is 0 Å². The second kappa shape index (κ2) is 10.1. The van der Waals surface area contributed by atoms with Crippen molar-refractivity contribution < 1.29 is 12.8 Å². The summed E-state index contributed by atoms with van der Waals surface area (Å²) >= 11 is 1.65. The topological polar surface area (TPSA) is 70.6 Å². The van der Waals surface area contributed by atoms with Gasteiger partial charge in [-0.15, -0.1) is 24.0 Å². The third-order valence-corrected chi connectivity index (χ3v) is 6.03. The van der Waals surface area contributed by atoms with E-state index in [4.69, 9.17) is 0 Å². The first-order valence-electron chi connectivity index (χ1n) is 8.15. The fourth-order valence-corrected chi connectivity index (χ4v) is 4.92. The van der Waals surface area contributed by atoms with Crippen LogP contribution in [0.3, 0.4) is 0 Å². The second-order valence-corrected chi connectivity index (χ2v) is 9.70. The maximum Gasteiger partial charge on any atom is 0.191 e. The van der Waals surface area contributed by atoms with Gasteiger partial charge in [0.05, 0.1) is 5.75 Å². The van der Waals surface area contributed by atoms with Gasteiger partial charge in [-0.3, -0.25) is 4.99 Å². The molecule has 0 saturated heterocycles. The summed E-state index contributed by atoms with van der Waals surface area (Å²) < 4.78 is 36.5. The minimum atomic E-state index is -2.98. The fraction of sp³-hybridized carbons (Fsp3) is 0.588. The number of hydrogen-bond donors (Lipinski definition) is 2. The van der Waals surface area contributed by atoms with E-state index in [1.54, 1.807) is 30.9 Å². The number of sulfone groups is 1. The van der Waals surface area contributed by atoms with Crippen LogP contribution in [0.4, 0.5) is 4.39 Å². The van der Waals surface area contributed by atoms with Crippen molar-refractivity contribution in [2.75, 3.05) is 31.9 Å². The van der Waals surface area contributed by atoms with Gasteiger partial charge in [0.2, 0.25) is 0 Å². The number of rotatable bonds is 8. The third-order valence-electron chi connectivity index (χ3n) is 4.29. The number of nitrogens with one attached hydrogen (secondary N) is 2. The zero-order valence-electron chi connectivity index (χ0n) is 15.3. The Morgan fingerprint density at radius 3 is 2.54 bits per heavy atom. The highest BCUT2D eigenvalue weighted by Gasteiger charge is 2.45. The Balaban J connectivity index is 0.00000338. The van der Waals surface area contributed by atoms with Gasteiger partial charge in [-0.1, -0.05) is 6.07 Å². The Hall–Kier alpha value is -0.550. The Labute approximate surface area is 176 Å². The number of hydrogen-bond acceptors (Lipinski definition) is 4. The minimum absolute atomic E-state index is 0. The average Bonchev–Trinajstić information content (AvgIpc) is 3.27. The van der Waals surface area contributed by atoms with Gasteiger partial charge in [0.15, 0.2) is 5.96 Å². The number of aliphatic imine (C=N–C) groups is 1. The van der Waals surface area contributed by atoms with Crippen molar-refractivity contribution in [2.45, 2.75) is 25.1 Å². The molecule has 0 amide bonds. The van der Waals surface area contributed by atoms with E-state index >= 15 is 0 Å². The zero-order chi connectivity index (χ0) is 18.5. The van der Waals surface area contributed by atoms with Gasteiger partial charge >= 0.3 is 0 Å². The number of thioether (sulfide) groups is 1. The van der Waals surface area contributed by atoms with Gasteiger partial charge in [-0.25, -0.2) is 12.8 Å². The molecule has 1 aromatic rings. The average molecular weight is 515 g/mol. The molecule has 9 heteroatoms. The highest BCUT2D eigenvalue weighted by molar-refractivity contribution is 14.0. The van der Waals surface area contributed by atoms with Crippen molar-refractivity contribution in [1.29, 1.82) is 0 Å². The van der Waals surface area contributed by atoms with E-state index in [1.807, 2.05) is 6.26 Å². The minimum Gasteiger partial charge on any atom is -0.356 e. The SMILES string of the molecule is CN=C(NCc1ccc(F)cc1CSC)NCC1(CS(C)(=O)=O)CC1.I. The lowest BCUT2D eigenvalue weighted by Gasteiger charge is -2.18. The third kappa shape index (κ3) is 7.59. The van der Waals surface area contributed by atoms with E-state index < -0.39 is 9.84 Å². The predicted molar refractivity (Wildman–Crippen MR) is 119 cm³/mol. The van der Waals surface area contributed by atoms with Crippen molar-refractivity contribution >= 4 is 51.5 Å². The molecule has 1 aliphatic rings. The lowest BCUT2D eigenvalue weighted by Crippen LogP contribution is -2.41. The summed E-state index contributed by atoms with van der Waals surface area (Å²) in [6.07, 6.45) is 5.10. The molecule has 1 saturated carbocycles. The molecule has 0 aliphatic heterocycles. The molecular weight excluding hydrogens is 488 g/mol. The quantitative estimate of drug-likeness (QED) is 0.317. The first-order chi connectivity index (χ1) is 11.8. The van der Waals surface area contributed by atoms with Gasteiger partial charge in [0, 0.05) is 37.6 Å². The fourth-order valence-electron chi connectivity index (χ4n) is 2.83. The molecule has 5 nitrogen and oxygen atoms in total. The van der Waals surface area contributed by atoms with Gasteiger partial charge in [0.1, 0.15) is 15.7 Å². The number of nitrogens with zero attached hydrogens (tertiary/aromatic N) is 1. The van der Waals surface area contributed by atoms with Gasteiger partial charge in [0.25, 0.3) is 0 Å². The normalized spacial score (nSPS) is 15.9. The molecule has 0 bridgehead atoms. The second-order valence-electron chi connectivity index (χ2n) is 6.70. The number of halogens is 2. The van der Waals surface area contributed by atoms with E-state index in [-0.39, 0.29) is 41.0 Å². The molecule has 0 spiro atoms. The summed E-state index contributed by atoms with van der Waals surface area (Å²) in [5.74, 6) is 1.35. The van der Waals surface area contributed by atoms with E-state index in [0.29, 0.717) is 19.0 Å². The summed E-state index contributed by atoms with van der Waals surface area (Å²) in [6.45, 7) is 1.12. The Morgan fingerprint density at radius 1 is 1.31 bits per heavy atom. The van der Waals surface area contributed by atoms with E-state index in [9.17, 15) is 12.8 Å². The van der Waals surface area contributed by atoms with Crippen LogP contribution in [0.25, 0.3) is 0 Å². The van der Waals surface area contributed by atoms with Crippen LogP contribution >= 0.6 is 35.7 Å². The summed E-state index contributed by atoms with van der Waals surface area (Å²) in [7, 11) is -1.30. The zero-order valence-corrected chi connectivity index (χ0v) is 19.3. The number of guanidine groups is 1. The molecule has 2 N–H and O–H groups in total. The molecule has 26 heavy (non-hydrogen) atoms. The van der Waals surface area contributed by atoms with Gasteiger partial charge in [-0.2, -0.15) is 11.8 Å². The van der Waals surface area contributed by atoms with E-state index in [1.165, 1.54) is 12.3 Å². The molecule has 1 aromatic carbocycles. The maximum absolute atomic E-state index is 13.4. The maximum atomic E-state index is 13.4. The smallest absolute Gasteiger partial charge is 0.191 e. The molecule has 0 unspecified atom stereocenters. The van der Waals surface area contributed by atoms with Crippen LogP contribution in [0, 0.1) is 11.2 Å². The lowest BCUT2D eigenvalue weighted by molar-refractivity contribution is 0.529. The Bertz CT molecular complexity index is 738. The van der Waals surface area contributed by atoms with Crippen LogP contribution < -0.4 is 10.6 Å². The van der Waals surface area contributed by atoms with Crippen LogP contribution in [-0.2, 0) is 22.1 Å². The summed E-state index contributed by atoms with van der Waals surface area (Å²) in [6, 6.07) is 4.81. The predicted octanol–water partition coefficient (Wildman–Crippen LogP) is 2.80. The molecule has 0 aromatic heterocycles. The van der Waals surface area contributed by atoms with Crippen molar-refractivity contribution in [3.8, 4) is 0 Å². The molecule has 1 fully saturated rings. The van der Waals surface area contributed by atoms with Crippen molar-refractivity contribution in [1.82, 2.24) is 10.6 Å². The molecule has 1 aliphatic carbocycles. The van der Waals surface area contributed by atoms with E-state index in [0.717, 1.165) is 29.7 Å². The van der Waals surface area contributed by atoms with Crippen LogP contribution in [0.2, 0.25) is 0 Å². The van der Waals surface area contributed by atoms with Crippen LogP contribution in [0.5, 0.6) is 0 Å². The van der Waals surface area contributed by atoms with Crippen LogP contribution in [0.15, 0.2) is 23.2 Å². The summed E-state index contributed by atoms with van der Waals surface area (Å²) in [4.78, 5) is 4.19. The first kappa shape index (κ1) is 23.5. The molecule has 2 rings (SSSR count). The van der Waals surface area contributed by atoms with E-state index in [2.05, 4.69) is 15.6 Å². The molecular formula is C17H27FIN3O2S2. The molecule has 148 valence electrons. The van der Waals surface area contributed by atoms with Gasteiger partial charge < -0.3 is 10.6 Å². The molecule has 0 radical (unpaired) electrons. The van der Waals surface area contributed by atoms with Crippen molar-refractivity contribution in [2.24, 2.45) is 10.4 Å². The van der Waals surface area contributed by atoms with Crippen LogP contribution in [0.1, 0.15) is 24.0 Å². The van der Waals surface area contributed by atoms with Crippen molar-refractivity contribution in [3.05, 3.63) is 35.1 Å². The summed E-state index contributed by atoms with van der Waals surface area (Å²) in [5, 5.41) is 6.45. The molecule has 0 atom stereocenters. The first-order valence-corrected chi connectivity index (χ1v) is 11.6. The largest absolute Gasteiger partial charge is 0.356 e. The highest BCUT2D eigenvalue weighted by atomic mass is 127. The highest BCUT2D eigenvalue weighted by Crippen LogP contribution is 2.45. The lowest BCUT2D eigenvalue weighted by atomic mass is 10.1. The van der Waals surface area contributed by atoms with Crippen LogP contribution in [-0.4, -0.2) is 46.2 Å². The summed E-state index contributed by atoms with van der Waals surface area (Å²) in [5.41, 5.74) is 1.83. The Morgan fingerprint density at radius 2 is 2.00 bits per heavy atom. The monoisotopic (exact) mass is 515 g/mol. The standard InChI is InChI=1S/C17H26FN3O2S2.HI/c1-19-16(21-11-17(6-7-17)12-25(3,22)23)20-9-13-4-5-15(18)8-14(13)10-24-2;/h4-5,8H,6-7,9-12H2,1-3H3,(H2,19,20,21);1H. The molecule has 0 heterocycles. The Kier molecular flexibility index (Phi) is 9.14. The van der Waals surface area contributed by atoms with Gasteiger partial charge in [-0.05, 0) is 42.4 Å². The number of benzene rings is 1.